The number of nitrogens with one attached hydrogen (secondary N) is 1. The van der Waals surface area contributed by atoms with Gasteiger partial charge in [0.2, 0.25) is 11.8 Å². The van der Waals surface area contributed by atoms with Crippen molar-refractivity contribution in [3.8, 4) is 0 Å². The smallest absolute Gasteiger partial charge is 0.243 e. The highest BCUT2D eigenvalue weighted by atomic mass is 35.5. The van der Waals surface area contributed by atoms with Crippen LogP contribution in [0.4, 0.5) is 5.69 Å². The van der Waals surface area contributed by atoms with Gasteiger partial charge in [0.1, 0.15) is 0 Å². The van der Waals surface area contributed by atoms with Gasteiger partial charge in [-0.1, -0.05) is 36.0 Å². The standard InChI is InChI=1S/C16H20Cl2N2O2/c1-20(16(22)8-11-4-2-3-5-11)10-15(21)19-12-6-7-13(17)14(18)9-12/h6-7,9,11H,2-5,8,10H2,1H3,(H,19,21). The van der Waals surface area contributed by atoms with E-state index in [-0.39, 0.29) is 18.4 Å². The van der Waals surface area contributed by atoms with Crippen molar-refractivity contribution < 1.29 is 9.59 Å². The van der Waals surface area contributed by atoms with E-state index < -0.39 is 0 Å². The Morgan fingerprint density at radius 1 is 1.23 bits per heavy atom. The molecule has 0 atom stereocenters. The summed E-state index contributed by atoms with van der Waals surface area (Å²) in [7, 11) is 1.66. The van der Waals surface area contributed by atoms with Gasteiger partial charge in [-0.05, 0) is 37.0 Å². The summed E-state index contributed by atoms with van der Waals surface area (Å²) in [6, 6.07) is 4.88. The molecular weight excluding hydrogens is 323 g/mol. The molecule has 0 unspecified atom stereocenters. The summed E-state index contributed by atoms with van der Waals surface area (Å²) in [5.74, 6) is 0.255. The van der Waals surface area contributed by atoms with Gasteiger partial charge >= 0.3 is 0 Å². The van der Waals surface area contributed by atoms with Gasteiger partial charge in [0.25, 0.3) is 0 Å². The lowest BCUT2D eigenvalue weighted by atomic mass is 10.0. The van der Waals surface area contributed by atoms with Crippen molar-refractivity contribution in [2.45, 2.75) is 32.1 Å². The van der Waals surface area contributed by atoms with Gasteiger partial charge < -0.3 is 10.2 Å². The summed E-state index contributed by atoms with van der Waals surface area (Å²) in [6.07, 6.45) is 5.19. The Hall–Kier alpha value is -1.26. The Morgan fingerprint density at radius 3 is 2.55 bits per heavy atom. The Kier molecular flexibility index (Phi) is 6.09. The molecule has 120 valence electrons. The average Bonchev–Trinajstić information content (AvgIpc) is 2.95. The van der Waals surface area contributed by atoms with Gasteiger partial charge in [0, 0.05) is 19.2 Å². The van der Waals surface area contributed by atoms with Gasteiger partial charge in [-0.25, -0.2) is 0 Å². The zero-order valence-electron chi connectivity index (χ0n) is 12.6. The molecular formula is C16H20Cl2N2O2. The highest BCUT2D eigenvalue weighted by molar-refractivity contribution is 6.42. The van der Waals surface area contributed by atoms with E-state index in [2.05, 4.69) is 5.32 Å². The maximum Gasteiger partial charge on any atom is 0.243 e. The number of nitrogens with zero attached hydrogens (tertiary/aromatic N) is 1. The van der Waals surface area contributed by atoms with Crippen LogP contribution in [-0.4, -0.2) is 30.3 Å². The van der Waals surface area contributed by atoms with E-state index in [1.807, 2.05) is 0 Å². The van der Waals surface area contributed by atoms with Crippen LogP contribution in [0.1, 0.15) is 32.1 Å². The molecule has 1 N–H and O–H groups in total. The third kappa shape index (κ3) is 4.89. The van der Waals surface area contributed by atoms with E-state index >= 15 is 0 Å². The second-order valence-corrected chi connectivity index (χ2v) is 6.60. The third-order valence-corrected chi connectivity index (χ3v) is 4.69. The van der Waals surface area contributed by atoms with Crippen LogP contribution in [0.25, 0.3) is 0 Å². The molecule has 1 saturated carbocycles. The summed E-state index contributed by atoms with van der Waals surface area (Å²) in [5, 5.41) is 3.53. The molecule has 2 rings (SSSR count). The highest BCUT2D eigenvalue weighted by Crippen LogP contribution is 2.28. The molecule has 2 amide bonds. The van der Waals surface area contributed by atoms with Crippen molar-refractivity contribution in [1.82, 2.24) is 4.90 Å². The third-order valence-electron chi connectivity index (χ3n) is 3.95. The highest BCUT2D eigenvalue weighted by Gasteiger charge is 2.21. The predicted octanol–water partition coefficient (Wildman–Crippen LogP) is 3.97. The number of amides is 2. The van der Waals surface area contributed by atoms with Gasteiger partial charge in [-0.2, -0.15) is 0 Å². The predicted molar refractivity (Wildman–Crippen MR) is 89.3 cm³/mol. The SMILES string of the molecule is CN(CC(=O)Nc1ccc(Cl)c(Cl)c1)C(=O)CC1CCCC1. The van der Waals surface area contributed by atoms with E-state index in [4.69, 9.17) is 23.2 Å². The molecule has 4 nitrogen and oxygen atoms in total. The van der Waals surface area contributed by atoms with Crippen LogP contribution in [0.2, 0.25) is 10.0 Å². The lowest BCUT2D eigenvalue weighted by molar-refractivity contribution is -0.134. The Balaban J connectivity index is 1.82. The first-order chi connectivity index (χ1) is 10.5. The van der Waals surface area contributed by atoms with Crippen LogP contribution in [-0.2, 0) is 9.59 Å². The van der Waals surface area contributed by atoms with Crippen LogP contribution in [0.15, 0.2) is 18.2 Å². The van der Waals surface area contributed by atoms with Crippen LogP contribution in [0.5, 0.6) is 0 Å². The van der Waals surface area contributed by atoms with E-state index in [0.29, 0.717) is 28.1 Å². The first kappa shape index (κ1) is 17.1. The topological polar surface area (TPSA) is 49.4 Å². The number of carbonyl (C=O) groups is 2. The number of anilines is 1. The fourth-order valence-corrected chi connectivity index (χ4v) is 2.99. The Morgan fingerprint density at radius 2 is 1.91 bits per heavy atom. The fourth-order valence-electron chi connectivity index (χ4n) is 2.70. The second kappa shape index (κ2) is 7.84. The minimum absolute atomic E-state index is 0.0242. The minimum Gasteiger partial charge on any atom is -0.336 e. The van der Waals surface area contributed by atoms with Gasteiger partial charge in [0.05, 0.1) is 16.6 Å². The van der Waals surface area contributed by atoms with Crippen LogP contribution in [0.3, 0.4) is 0 Å². The van der Waals surface area contributed by atoms with Crippen LogP contribution >= 0.6 is 23.2 Å². The number of hydrogen-bond acceptors (Lipinski definition) is 2. The van der Waals surface area contributed by atoms with Crippen LogP contribution < -0.4 is 5.32 Å². The second-order valence-electron chi connectivity index (χ2n) is 5.78. The van der Waals surface area contributed by atoms with Crippen molar-refractivity contribution in [2.75, 3.05) is 18.9 Å². The van der Waals surface area contributed by atoms with Crippen molar-refractivity contribution in [3.63, 3.8) is 0 Å². The summed E-state index contributed by atoms with van der Waals surface area (Å²) in [4.78, 5) is 25.6. The molecule has 0 aromatic heterocycles. The summed E-state index contributed by atoms with van der Waals surface area (Å²) in [6.45, 7) is 0.0335. The van der Waals surface area contributed by atoms with E-state index in [1.165, 1.54) is 17.7 Å². The zero-order valence-corrected chi connectivity index (χ0v) is 14.1. The summed E-state index contributed by atoms with van der Waals surface area (Å²) < 4.78 is 0. The molecule has 1 aliphatic carbocycles. The fraction of sp³-hybridized carbons (Fsp3) is 0.500. The van der Waals surface area contributed by atoms with Crippen LogP contribution in [0, 0.1) is 5.92 Å². The first-order valence-electron chi connectivity index (χ1n) is 7.44. The van der Waals surface area contributed by atoms with E-state index in [1.54, 1.807) is 25.2 Å². The largest absolute Gasteiger partial charge is 0.336 e. The number of likely N-dealkylation sites (N-methyl/N-ethyl adjacent to an activating group) is 1. The maximum absolute atomic E-state index is 12.1. The lowest BCUT2D eigenvalue weighted by Crippen LogP contribution is -2.35. The Labute approximate surface area is 140 Å². The number of rotatable bonds is 5. The molecule has 0 spiro atoms. The molecule has 1 aliphatic rings. The zero-order chi connectivity index (χ0) is 16.1. The number of carbonyl (C=O) groups excluding carboxylic acids is 2. The van der Waals surface area contributed by atoms with E-state index in [0.717, 1.165) is 12.8 Å². The van der Waals surface area contributed by atoms with Crippen molar-refractivity contribution >= 4 is 40.7 Å². The van der Waals surface area contributed by atoms with Crippen molar-refractivity contribution in [3.05, 3.63) is 28.2 Å². The molecule has 6 heteroatoms. The van der Waals surface area contributed by atoms with Crippen molar-refractivity contribution in [2.24, 2.45) is 5.92 Å². The molecule has 0 aliphatic heterocycles. The maximum atomic E-state index is 12.1. The monoisotopic (exact) mass is 342 g/mol. The quantitative estimate of drug-likeness (QED) is 0.879. The number of hydrogen-bond donors (Lipinski definition) is 1. The minimum atomic E-state index is -0.249. The molecule has 0 heterocycles. The van der Waals surface area contributed by atoms with Gasteiger partial charge in [0.15, 0.2) is 0 Å². The molecule has 0 bridgehead atoms. The van der Waals surface area contributed by atoms with Gasteiger partial charge in [-0.3, -0.25) is 9.59 Å². The Bertz CT molecular complexity index is 557. The molecule has 1 aromatic rings. The number of benzene rings is 1. The summed E-state index contributed by atoms with van der Waals surface area (Å²) in [5.41, 5.74) is 0.566. The van der Waals surface area contributed by atoms with Gasteiger partial charge in [-0.15, -0.1) is 0 Å². The number of halogens is 2. The molecule has 0 radical (unpaired) electrons. The molecule has 22 heavy (non-hydrogen) atoms. The molecule has 1 fully saturated rings. The van der Waals surface area contributed by atoms with Crippen molar-refractivity contribution in [1.29, 1.82) is 0 Å². The molecule has 0 saturated heterocycles. The first-order valence-corrected chi connectivity index (χ1v) is 8.20. The summed E-state index contributed by atoms with van der Waals surface area (Å²) >= 11 is 11.7. The molecule has 1 aromatic carbocycles. The lowest BCUT2D eigenvalue weighted by Gasteiger charge is -2.19. The average molecular weight is 343 g/mol. The van der Waals surface area contributed by atoms with E-state index in [9.17, 15) is 9.59 Å². The normalized spacial score (nSPS) is 14.9.